The summed E-state index contributed by atoms with van der Waals surface area (Å²) in [5, 5.41) is 20.5. The lowest BCUT2D eigenvalue weighted by Crippen LogP contribution is -2.35. The molecule has 0 spiro atoms. The Morgan fingerprint density at radius 1 is 1.03 bits per heavy atom. The molecule has 1 fully saturated rings. The van der Waals surface area contributed by atoms with Crippen molar-refractivity contribution in [3.8, 4) is 23.0 Å². The van der Waals surface area contributed by atoms with Crippen LogP contribution in [-0.4, -0.2) is 40.9 Å². The van der Waals surface area contributed by atoms with Crippen LogP contribution in [0, 0.1) is 12.8 Å². The zero-order chi connectivity index (χ0) is 25.4. The Labute approximate surface area is 213 Å². The van der Waals surface area contributed by atoms with E-state index in [1.165, 1.54) is 6.42 Å². The first kappa shape index (κ1) is 24.3. The summed E-state index contributed by atoms with van der Waals surface area (Å²) >= 11 is 0. The van der Waals surface area contributed by atoms with E-state index in [-0.39, 0.29) is 17.6 Å². The second kappa shape index (κ2) is 9.90. The SMILES string of the molecule is CC1=C(c2cccc(O)c2C)C(c2ccc(OCC(C)N3CCC(C)C3)cc2)Oc2ccc(O)cc21. The normalized spacial score (nSPS) is 20.7. The van der Waals surface area contributed by atoms with E-state index in [0.717, 1.165) is 63.9 Å². The number of nitrogens with zero attached hydrogens (tertiary/aromatic N) is 1. The molecule has 188 valence electrons. The van der Waals surface area contributed by atoms with Crippen LogP contribution in [0.25, 0.3) is 11.1 Å². The van der Waals surface area contributed by atoms with E-state index in [9.17, 15) is 10.2 Å². The molecule has 0 radical (unpaired) electrons. The number of likely N-dealkylation sites (tertiary alicyclic amines) is 1. The van der Waals surface area contributed by atoms with Crippen LogP contribution < -0.4 is 9.47 Å². The zero-order valence-corrected chi connectivity index (χ0v) is 21.5. The molecule has 3 aromatic rings. The van der Waals surface area contributed by atoms with E-state index in [1.54, 1.807) is 18.2 Å². The van der Waals surface area contributed by atoms with Crippen molar-refractivity contribution in [1.82, 2.24) is 4.90 Å². The predicted octanol–water partition coefficient (Wildman–Crippen LogP) is 6.58. The number of rotatable bonds is 6. The van der Waals surface area contributed by atoms with Gasteiger partial charge in [-0.1, -0.05) is 31.2 Å². The number of fused-ring (bicyclic) bond motifs is 1. The fourth-order valence-electron chi connectivity index (χ4n) is 5.37. The van der Waals surface area contributed by atoms with Crippen molar-refractivity contribution in [3.05, 3.63) is 82.9 Å². The van der Waals surface area contributed by atoms with Crippen molar-refractivity contribution in [2.24, 2.45) is 5.92 Å². The van der Waals surface area contributed by atoms with Gasteiger partial charge in [0.05, 0.1) is 0 Å². The van der Waals surface area contributed by atoms with Crippen LogP contribution in [0.5, 0.6) is 23.0 Å². The Balaban J connectivity index is 1.43. The highest BCUT2D eigenvalue weighted by molar-refractivity contribution is 5.96. The molecule has 2 N–H and O–H groups in total. The lowest BCUT2D eigenvalue weighted by Gasteiger charge is -2.32. The van der Waals surface area contributed by atoms with Gasteiger partial charge < -0.3 is 19.7 Å². The first-order valence-electron chi connectivity index (χ1n) is 12.8. The van der Waals surface area contributed by atoms with Crippen LogP contribution >= 0.6 is 0 Å². The summed E-state index contributed by atoms with van der Waals surface area (Å²) in [4.78, 5) is 2.50. The minimum Gasteiger partial charge on any atom is -0.508 e. The van der Waals surface area contributed by atoms with Crippen LogP contribution in [0.15, 0.2) is 60.7 Å². The lowest BCUT2D eigenvalue weighted by molar-refractivity contribution is 0.169. The average molecular weight is 486 g/mol. The average Bonchev–Trinajstić information content (AvgIpc) is 3.31. The van der Waals surface area contributed by atoms with E-state index < -0.39 is 0 Å². The molecule has 1 saturated heterocycles. The third-order valence-electron chi connectivity index (χ3n) is 7.63. The van der Waals surface area contributed by atoms with Gasteiger partial charge in [0.1, 0.15) is 35.7 Å². The largest absolute Gasteiger partial charge is 0.508 e. The summed E-state index contributed by atoms with van der Waals surface area (Å²) in [6.45, 7) is 11.5. The van der Waals surface area contributed by atoms with Crippen LogP contribution in [0.1, 0.15) is 55.5 Å². The van der Waals surface area contributed by atoms with Crippen LogP contribution in [-0.2, 0) is 0 Å². The summed E-state index contributed by atoms with van der Waals surface area (Å²) < 4.78 is 12.7. The smallest absolute Gasteiger partial charge is 0.150 e. The minimum absolute atomic E-state index is 0.196. The molecular formula is C31H35NO4. The van der Waals surface area contributed by atoms with Gasteiger partial charge in [0.25, 0.3) is 0 Å². The second-order valence-corrected chi connectivity index (χ2v) is 10.3. The number of hydrogen-bond acceptors (Lipinski definition) is 5. The highest BCUT2D eigenvalue weighted by Gasteiger charge is 2.31. The summed E-state index contributed by atoms with van der Waals surface area (Å²) in [5.41, 5.74) is 5.58. The molecule has 2 aliphatic rings. The van der Waals surface area contributed by atoms with Crippen LogP contribution in [0.4, 0.5) is 0 Å². The highest BCUT2D eigenvalue weighted by Crippen LogP contribution is 2.48. The molecule has 36 heavy (non-hydrogen) atoms. The van der Waals surface area contributed by atoms with Crippen molar-refractivity contribution < 1.29 is 19.7 Å². The number of aromatic hydroxyl groups is 2. The quantitative estimate of drug-likeness (QED) is 0.413. The maximum atomic E-state index is 10.4. The van der Waals surface area contributed by atoms with Gasteiger partial charge in [-0.05, 0) is 98.3 Å². The molecular weight excluding hydrogens is 450 g/mol. The number of ether oxygens (including phenoxy) is 2. The maximum Gasteiger partial charge on any atom is 0.150 e. The molecule has 5 nitrogen and oxygen atoms in total. The Kier molecular flexibility index (Phi) is 6.67. The van der Waals surface area contributed by atoms with E-state index >= 15 is 0 Å². The van der Waals surface area contributed by atoms with E-state index in [0.29, 0.717) is 12.6 Å². The number of benzene rings is 3. The molecule has 2 aliphatic heterocycles. The number of allylic oxidation sites excluding steroid dienone is 1. The van der Waals surface area contributed by atoms with Gasteiger partial charge in [0, 0.05) is 23.7 Å². The first-order valence-corrected chi connectivity index (χ1v) is 12.8. The molecule has 0 bridgehead atoms. The third-order valence-corrected chi connectivity index (χ3v) is 7.63. The molecule has 0 aliphatic carbocycles. The summed E-state index contributed by atoms with van der Waals surface area (Å²) in [6.07, 6.45) is 0.901. The standard InChI is InChI=1S/C31H35NO4/c1-19-14-15-32(17-19)20(2)18-35-25-11-8-23(9-12-25)31-30(26-6-5-7-28(34)21(26)3)22(4)27-16-24(33)10-13-29(27)36-31/h5-13,16,19-20,31,33-34H,14-15,17-18H2,1-4H3. The van der Waals surface area contributed by atoms with Gasteiger partial charge in [-0.2, -0.15) is 0 Å². The van der Waals surface area contributed by atoms with Gasteiger partial charge in [-0.25, -0.2) is 0 Å². The molecule has 5 rings (SSSR count). The van der Waals surface area contributed by atoms with Gasteiger partial charge >= 0.3 is 0 Å². The van der Waals surface area contributed by atoms with E-state index in [4.69, 9.17) is 9.47 Å². The topological polar surface area (TPSA) is 62.2 Å². The van der Waals surface area contributed by atoms with Gasteiger partial charge in [0.2, 0.25) is 0 Å². The van der Waals surface area contributed by atoms with Crippen LogP contribution in [0.3, 0.4) is 0 Å². The molecule has 0 aromatic heterocycles. The monoisotopic (exact) mass is 485 g/mol. The van der Waals surface area contributed by atoms with Crippen molar-refractivity contribution in [2.45, 2.75) is 46.3 Å². The molecule has 5 heteroatoms. The number of hydrogen-bond donors (Lipinski definition) is 2. The van der Waals surface area contributed by atoms with E-state index in [2.05, 4.69) is 30.9 Å². The summed E-state index contributed by atoms with van der Waals surface area (Å²) in [5.74, 6) is 2.78. The molecule has 3 atom stereocenters. The Morgan fingerprint density at radius 2 is 1.81 bits per heavy atom. The fraction of sp³-hybridized carbons (Fsp3) is 0.355. The maximum absolute atomic E-state index is 10.4. The lowest BCUT2D eigenvalue weighted by atomic mass is 9.84. The molecule has 0 saturated carbocycles. The number of phenols is 2. The predicted molar refractivity (Wildman–Crippen MR) is 144 cm³/mol. The summed E-state index contributed by atoms with van der Waals surface area (Å²) in [6, 6.07) is 19.3. The molecule has 3 unspecified atom stereocenters. The van der Waals surface area contributed by atoms with Crippen LogP contribution in [0.2, 0.25) is 0 Å². The van der Waals surface area contributed by atoms with Crippen molar-refractivity contribution in [3.63, 3.8) is 0 Å². The number of phenolic OH excluding ortho intramolecular Hbond substituents is 2. The molecule has 0 amide bonds. The van der Waals surface area contributed by atoms with Crippen molar-refractivity contribution >= 4 is 11.1 Å². The van der Waals surface area contributed by atoms with Gasteiger partial charge in [-0.15, -0.1) is 0 Å². The zero-order valence-electron chi connectivity index (χ0n) is 21.5. The molecule has 2 heterocycles. The molecule has 3 aromatic carbocycles. The highest BCUT2D eigenvalue weighted by atomic mass is 16.5. The van der Waals surface area contributed by atoms with Gasteiger partial charge in [-0.3, -0.25) is 4.90 Å². The second-order valence-electron chi connectivity index (χ2n) is 10.3. The Bertz CT molecular complexity index is 1280. The first-order chi connectivity index (χ1) is 17.3. The van der Waals surface area contributed by atoms with Crippen molar-refractivity contribution in [1.29, 1.82) is 0 Å². The Hall–Kier alpha value is -3.44. The Morgan fingerprint density at radius 3 is 2.53 bits per heavy atom. The van der Waals surface area contributed by atoms with E-state index in [1.807, 2.05) is 44.2 Å². The summed E-state index contributed by atoms with van der Waals surface area (Å²) in [7, 11) is 0. The minimum atomic E-state index is -0.360. The fourth-order valence-corrected chi connectivity index (χ4v) is 5.37. The third kappa shape index (κ3) is 4.68. The van der Waals surface area contributed by atoms with Crippen molar-refractivity contribution in [2.75, 3.05) is 19.7 Å². The van der Waals surface area contributed by atoms with Gasteiger partial charge in [0.15, 0.2) is 0 Å².